The lowest BCUT2D eigenvalue weighted by molar-refractivity contribution is 0.102. The highest BCUT2D eigenvalue weighted by Crippen LogP contribution is 2.34. The zero-order valence-electron chi connectivity index (χ0n) is 20.6. The molecule has 7 nitrogen and oxygen atoms in total. The van der Waals surface area contributed by atoms with E-state index in [0.29, 0.717) is 34.0 Å². The number of rotatable bonds is 8. The van der Waals surface area contributed by atoms with E-state index in [0.717, 1.165) is 27.8 Å². The Hall–Kier alpha value is -3.57. The number of carbonyl (C=O) groups excluding carboxylic acids is 1. The summed E-state index contributed by atoms with van der Waals surface area (Å²) in [5.41, 5.74) is 3.73. The summed E-state index contributed by atoms with van der Waals surface area (Å²) in [7, 11) is -2.90. The van der Waals surface area contributed by atoms with Gasteiger partial charge in [-0.2, -0.15) is 8.42 Å². The van der Waals surface area contributed by atoms with Crippen molar-refractivity contribution in [1.82, 2.24) is 4.98 Å². The summed E-state index contributed by atoms with van der Waals surface area (Å²) in [6.07, 6.45) is 1.40. The molecule has 0 saturated carbocycles. The van der Waals surface area contributed by atoms with Crippen LogP contribution in [0.5, 0.6) is 5.75 Å². The number of hydrogen-bond donors (Lipinski definition) is 2. The van der Waals surface area contributed by atoms with Crippen molar-refractivity contribution in [2.75, 3.05) is 12.4 Å². The number of ether oxygens (including phenoxy) is 1. The van der Waals surface area contributed by atoms with E-state index >= 15 is 0 Å². The molecule has 0 aliphatic heterocycles. The Bertz CT molecular complexity index is 1740. The molecule has 0 fully saturated rings. The Morgan fingerprint density at radius 2 is 1.87 bits per heavy atom. The normalized spacial score (nSPS) is 11.6. The van der Waals surface area contributed by atoms with Crippen LogP contribution < -0.4 is 10.1 Å². The van der Waals surface area contributed by atoms with E-state index in [1.165, 1.54) is 22.3 Å². The van der Waals surface area contributed by atoms with Gasteiger partial charge in [0.15, 0.2) is 5.13 Å². The zero-order chi connectivity index (χ0) is 26.9. The highest BCUT2D eigenvalue weighted by atomic mass is 32.2. The number of hydrogen-bond acceptors (Lipinski definition) is 7. The summed E-state index contributed by atoms with van der Waals surface area (Å²) in [5, 5.41) is 5.31. The van der Waals surface area contributed by atoms with Crippen LogP contribution >= 0.6 is 22.7 Å². The molecule has 0 radical (unpaired) electrons. The fourth-order valence-corrected chi connectivity index (χ4v) is 6.52. The van der Waals surface area contributed by atoms with Crippen LogP contribution in [0.2, 0.25) is 0 Å². The highest BCUT2D eigenvalue weighted by molar-refractivity contribution is 7.86. The van der Waals surface area contributed by atoms with E-state index in [1.807, 2.05) is 42.6 Å². The van der Waals surface area contributed by atoms with Gasteiger partial charge >= 0.3 is 0 Å². The van der Waals surface area contributed by atoms with Gasteiger partial charge in [0.05, 0.1) is 17.3 Å². The number of fused-ring (bicyclic) bond motifs is 1. The first-order valence-corrected chi connectivity index (χ1v) is 14.8. The van der Waals surface area contributed by atoms with Crippen molar-refractivity contribution in [2.24, 2.45) is 0 Å². The van der Waals surface area contributed by atoms with Crippen LogP contribution in [0.15, 0.2) is 77.0 Å². The van der Waals surface area contributed by atoms with Gasteiger partial charge < -0.3 is 4.74 Å². The first kappa shape index (κ1) is 26.1. The largest absolute Gasteiger partial charge is 0.497 e. The van der Waals surface area contributed by atoms with Gasteiger partial charge in [-0.25, -0.2) is 4.98 Å². The van der Waals surface area contributed by atoms with E-state index in [4.69, 9.17) is 4.74 Å². The van der Waals surface area contributed by atoms with Crippen LogP contribution in [0.3, 0.4) is 0 Å². The number of benzene rings is 3. The van der Waals surface area contributed by atoms with Gasteiger partial charge in [-0.15, -0.1) is 11.3 Å². The Morgan fingerprint density at radius 1 is 1.03 bits per heavy atom. The molecule has 10 heteroatoms. The van der Waals surface area contributed by atoms with Gasteiger partial charge in [0.1, 0.15) is 10.6 Å². The number of aromatic nitrogens is 1. The average molecular weight is 565 g/mol. The summed E-state index contributed by atoms with van der Waals surface area (Å²) >= 11 is 2.99. The third-order valence-corrected chi connectivity index (χ3v) is 8.89. The molecule has 1 amide bonds. The van der Waals surface area contributed by atoms with E-state index in [-0.39, 0.29) is 10.8 Å². The summed E-state index contributed by atoms with van der Waals surface area (Å²) in [4.78, 5) is 18.8. The summed E-state index contributed by atoms with van der Waals surface area (Å²) < 4.78 is 40.6. The van der Waals surface area contributed by atoms with Crippen molar-refractivity contribution in [3.05, 3.63) is 93.7 Å². The molecule has 0 aliphatic carbocycles. The lowest BCUT2D eigenvalue weighted by Crippen LogP contribution is -2.12. The summed E-state index contributed by atoms with van der Waals surface area (Å²) in [5.74, 6) is 0.331. The molecular weight excluding hydrogens is 541 g/mol. The van der Waals surface area contributed by atoms with Crippen LogP contribution in [-0.4, -0.2) is 31.0 Å². The number of nitrogens with zero attached hydrogens (tertiary/aromatic N) is 1. The fraction of sp³-hybridized carbons (Fsp3) is 0.143. The van der Waals surface area contributed by atoms with E-state index in [9.17, 15) is 17.8 Å². The maximum absolute atomic E-state index is 13.3. The topological polar surface area (TPSA) is 106 Å². The number of thiophene rings is 1. The van der Waals surface area contributed by atoms with Crippen molar-refractivity contribution in [2.45, 2.75) is 24.7 Å². The molecule has 0 spiro atoms. The molecule has 194 valence electrons. The van der Waals surface area contributed by atoms with Crippen LogP contribution in [0, 0.1) is 6.92 Å². The molecule has 0 aliphatic rings. The number of aryl methyl sites for hydroxylation is 3. The quantitative estimate of drug-likeness (QED) is 0.205. The van der Waals surface area contributed by atoms with Crippen molar-refractivity contribution in [3.8, 4) is 16.9 Å². The Kier molecular flexibility index (Phi) is 7.31. The van der Waals surface area contributed by atoms with E-state index < -0.39 is 10.1 Å². The van der Waals surface area contributed by atoms with Gasteiger partial charge in [0, 0.05) is 16.0 Å². The second-order valence-corrected chi connectivity index (χ2v) is 12.2. The predicted octanol–water partition coefficient (Wildman–Crippen LogP) is 6.63. The maximum Gasteiger partial charge on any atom is 0.295 e. The number of methoxy groups -OCH3 is 1. The first-order valence-electron chi connectivity index (χ1n) is 11.7. The molecule has 2 heterocycles. The van der Waals surface area contributed by atoms with Gasteiger partial charge in [-0.3, -0.25) is 14.7 Å². The number of anilines is 1. The molecule has 38 heavy (non-hydrogen) atoms. The molecule has 2 aromatic heterocycles. The second kappa shape index (κ2) is 10.7. The van der Waals surface area contributed by atoms with Crippen LogP contribution in [0.25, 0.3) is 21.3 Å². The number of carbonyl (C=O) groups is 1. The van der Waals surface area contributed by atoms with Crippen molar-refractivity contribution >= 4 is 54.0 Å². The minimum absolute atomic E-state index is 0.196. The Morgan fingerprint density at radius 3 is 2.61 bits per heavy atom. The summed E-state index contributed by atoms with van der Waals surface area (Å²) in [6, 6.07) is 19.5. The Labute approximate surface area is 228 Å². The lowest BCUT2D eigenvalue weighted by Gasteiger charge is -2.15. The van der Waals surface area contributed by atoms with Gasteiger partial charge in [-0.1, -0.05) is 41.2 Å². The Balaban J connectivity index is 1.53. The van der Waals surface area contributed by atoms with E-state index in [2.05, 4.69) is 16.4 Å². The molecule has 5 rings (SSSR count). The van der Waals surface area contributed by atoms with Crippen molar-refractivity contribution in [3.63, 3.8) is 0 Å². The predicted molar refractivity (Wildman–Crippen MR) is 152 cm³/mol. The lowest BCUT2D eigenvalue weighted by atomic mass is 9.93. The molecular formula is C28H24N2O5S3. The fourth-order valence-electron chi connectivity index (χ4n) is 4.23. The van der Waals surface area contributed by atoms with Gasteiger partial charge in [0.25, 0.3) is 16.0 Å². The molecule has 2 N–H and O–H groups in total. The van der Waals surface area contributed by atoms with Crippen LogP contribution in [-0.2, 0) is 23.0 Å². The number of thiazole rings is 1. The monoisotopic (exact) mass is 564 g/mol. The van der Waals surface area contributed by atoms with Crippen LogP contribution in [0.1, 0.15) is 26.4 Å². The number of nitrogens with one attached hydrogen (secondary N) is 1. The minimum Gasteiger partial charge on any atom is -0.497 e. The molecule has 0 saturated heterocycles. The van der Waals surface area contributed by atoms with Crippen molar-refractivity contribution in [1.29, 1.82) is 0 Å². The molecule has 0 bridgehead atoms. The van der Waals surface area contributed by atoms with Crippen LogP contribution in [0.4, 0.5) is 5.13 Å². The minimum atomic E-state index is -4.49. The highest BCUT2D eigenvalue weighted by Gasteiger charge is 2.21. The SMILES string of the molecule is COc1ccc2nc(NC(=O)c3ccc(CCc4cccs4)c(-c4cc(C)ccc4S(=O)(=O)O)c3)sc2c1. The average Bonchev–Trinajstić information content (AvgIpc) is 3.55. The van der Waals surface area contributed by atoms with E-state index in [1.54, 1.807) is 42.7 Å². The first-order chi connectivity index (χ1) is 18.2. The molecule has 5 aromatic rings. The van der Waals surface area contributed by atoms with Gasteiger partial charge in [0.2, 0.25) is 0 Å². The van der Waals surface area contributed by atoms with Crippen molar-refractivity contribution < 1.29 is 22.5 Å². The third kappa shape index (κ3) is 5.63. The third-order valence-electron chi connectivity index (χ3n) is 6.11. The molecule has 0 atom stereocenters. The number of amides is 1. The zero-order valence-corrected chi connectivity index (χ0v) is 23.0. The standard InChI is InChI=1S/C28H24N2O5S3/c1-17-5-12-26(38(32,33)34)23(14-17)22-15-19(7-6-18(22)8-10-21-4-3-13-36-21)27(31)30-28-29-24-11-9-20(35-2)16-25(24)37-28/h3-7,9,11-16H,8,10H2,1-2H3,(H,29,30,31)(H,32,33,34). The maximum atomic E-state index is 13.3. The second-order valence-electron chi connectivity index (χ2n) is 8.73. The summed E-state index contributed by atoms with van der Waals surface area (Å²) in [6.45, 7) is 1.85. The molecule has 0 unspecified atom stereocenters. The smallest absolute Gasteiger partial charge is 0.295 e. The van der Waals surface area contributed by atoms with Gasteiger partial charge in [-0.05, 0) is 78.7 Å². The molecule has 3 aromatic carbocycles.